The van der Waals surface area contributed by atoms with Gasteiger partial charge in [-0.2, -0.15) is 5.10 Å². The van der Waals surface area contributed by atoms with Gasteiger partial charge in [0.05, 0.1) is 5.69 Å². The van der Waals surface area contributed by atoms with E-state index in [0.717, 1.165) is 12.8 Å². The summed E-state index contributed by atoms with van der Waals surface area (Å²) >= 11 is 0. The Hall–Kier alpha value is -2.24. The molecule has 2 aromatic rings. The van der Waals surface area contributed by atoms with Crippen LogP contribution in [0.15, 0.2) is 24.5 Å². The third-order valence-electron chi connectivity index (χ3n) is 2.86. The van der Waals surface area contributed by atoms with Gasteiger partial charge in [-0.25, -0.2) is 9.37 Å². The third kappa shape index (κ3) is 2.09. The van der Waals surface area contributed by atoms with Crippen molar-refractivity contribution in [2.24, 2.45) is 5.92 Å². The third-order valence-corrected chi connectivity index (χ3v) is 2.86. The smallest absolute Gasteiger partial charge is 0.227 e. The molecule has 1 heterocycles. The highest BCUT2D eigenvalue weighted by atomic mass is 19.1. The fourth-order valence-corrected chi connectivity index (χ4v) is 1.69. The number of anilines is 1. The van der Waals surface area contributed by atoms with E-state index in [1.54, 1.807) is 6.07 Å². The van der Waals surface area contributed by atoms with Crippen molar-refractivity contribution in [3.05, 3.63) is 30.3 Å². The van der Waals surface area contributed by atoms with Gasteiger partial charge in [0, 0.05) is 11.5 Å². The molecule has 6 heteroatoms. The molecule has 1 aliphatic carbocycles. The van der Waals surface area contributed by atoms with Gasteiger partial charge < -0.3 is 5.32 Å². The first-order valence-electron chi connectivity index (χ1n) is 5.70. The van der Waals surface area contributed by atoms with Crippen LogP contribution in [0.2, 0.25) is 0 Å². The zero-order chi connectivity index (χ0) is 12.5. The second-order valence-corrected chi connectivity index (χ2v) is 4.29. The predicted molar refractivity (Wildman–Crippen MR) is 63.1 cm³/mol. The lowest BCUT2D eigenvalue weighted by Gasteiger charge is -2.06. The van der Waals surface area contributed by atoms with Gasteiger partial charge >= 0.3 is 0 Å². The van der Waals surface area contributed by atoms with E-state index in [9.17, 15) is 9.18 Å². The number of rotatable bonds is 3. The van der Waals surface area contributed by atoms with Crippen molar-refractivity contribution in [3.63, 3.8) is 0 Å². The molecule has 1 saturated carbocycles. The van der Waals surface area contributed by atoms with E-state index < -0.39 is 5.82 Å². The van der Waals surface area contributed by atoms with E-state index in [4.69, 9.17) is 0 Å². The van der Waals surface area contributed by atoms with Crippen LogP contribution in [0.1, 0.15) is 12.8 Å². The highest BCUT2D eigenvalue weighted by Gasteiger charge is 2.30. The van der Waals surface area contributed by atoms with E-state index in [0.29, 0.717) is 11.4 Å². The van der Waals surface area contributed by atoms with Crippen molar-refractivity contribution in [1.29, 1.82) is 0 Å². The first-order chi connectivity index (χ1) is 8.74. The van der Waals surface area contributed by atoms with Crippen LogP contribution >= 0.6 is 0 Å². The number of carbonyl (C=O) groups is 1. The molecule has 0 aliphatic heterocycles. The second-order valence-electron chi connectivity index (χ2n) is 4.29. The van der Waals surface area contributed by atoms with Crippen molar-refractivity contribution in [2.45, 2.75) is 12.8 Å². The Labute approximate surface area is 102 Å². The van der Waals surface area contributed by atoms with E-state index in [1.165, 1.54) is 18.5 Å². The molecule has 5 nitrogen and oxygen atoms in total. The Balaban J connectivity index is 1.82. The van der Waals surface area contributed by atoms with Crippen LogP contribution in [-0.2, 0) is 4.79 Å². The molecule has 0 bridgehead atoms. The largest absolute Gasteiger partial charge is 0.323 e. The van der Waals surface area contributed by atoms with E-state index in [2.05, 4.69) is 20.5 Å². The Morgan fingerprint density at radius 3 is 2.89 bits per heavy atom. The SMILES string of the molecule is O=C(Nc1ccc(-c2ncn[nH]2)cc1F)C1CC1. The average molecular weight is 246 g/mol. The molecule has 1 amide bonds. The number of hydrogen-bond donors (Lipinski definition) is 2. The van der Waals surface area contributed by atoms with Crippen molar-refractivity contribution >= 4 is 11.6 Å². The number of nitrogens with one attached hydrogen (secondary N) is 2. The van der Waals surface area contributed by atoms with Gasteiger partial charge in [0.1, 0.15) is 12.1 Å². The zero-order valence-corrected chi connectivity index (χ0v) is 9.48. The van der Waals surface area contributed by atoms with Gasteiger partial charge in [-0.3, -0.25) is 9.89 Å². The van der Waals surface area contributed by atoms with E-state index in [-0.39, 0.29) is 17.5 Å². The molecule has 18 heavy (non-hydrogen) atoms. The first kappa shape index (κ1) is 10.9. The molecular weight excluding hydrogens is 235 g/mol. The molecule has 0 unspecified atom stereocenters. The monoisotopic (exact) mass is 246 g/mol. The number of amides is 1. The molecule has 2 N–H and O–H groups in total. The van der Waals surface area contributed by atoms with Crippen LogP contribution in [0.4, 0.5) is 10.1 Å². The van der Waals surface area contributed by atoms with Gasteiger partial charge in [0.25, 0.3) is 0 Å². The van der Waals surface area contributed by atoms with Gasteiger partial charge in [0.2, 0.25) is 5.91 Å². The summed E-state index contributed by atoms with van der Waals surface area (Å²) in [5.74, 6) is -0.0356. The summed E-state index contributed by atoms with van der Waals surface area (Å²) in [5.41, 5.74) is 0.796. The highest BCUT2D eigenvalue weighted by molar-refractivity contribution is 5.94. The summed E-state index contributed by atoms with van der Waals surface area (Å²) in [6, 6.07) is 4.54. The van der Waals surface area contributed by atoms with Crippen molar-refractivity contribution in [1.82, 2.24) is 15.2 Å². The second kappa shape index (κ2) is 4.21. The van der Waals surface area contributed by atoms with Crippen molar-refractivity contribution < 1.29 is 9.18 Å². The summed E-state index contributed by atoms with van der Waals surface area (Å²) in [5, 5.41) is 8.94. The lowest BCUT2D eigenvalue weighted by atomic mass is 10.2. The Kier molecular flexibility index (Phi) is 2.55. The number of hydrogen-bond acceptors (Lipinski definition) is 3. The summed E-state index contributed by atoms with van der Waals surface area (Å²) in [7, 11) is 0. The standard InChI is InChI=1S/C12H11FN4O/c13-9-5-8(11-14-6-15-17-11)3-4-10(9)16-12(18)7-1-2-7/h3-7H,1-2H2,(H,16,18)(H,14,15,17). The molecule has 0 radical (unpaired) electrons. The number of aromatic amines is 1. The normalized spacial score (nSPS) is 14.5. The number of nitrogens with zero attached hydrogens (tertiary/aromatic N) is 2. The lowest BCUT2D eigenvalue weighted by Crippen LogP contribution is -2.14. The number of aromatic nitrogens is 3. The Bertz CT molecular complexity index is 578. The summed E-state index contributed by atoms with van der Waals surface area (Å²) in [6.45, 7) is 0. The Morgan fingerprint density at radius 1 is 1.44 bits per heavy atom. The summed E-state index contributed by atoms with van der Waals surface area (Å²) < 4.78 is 13.8. The number of benzene rings is 1. The minimum Gasteiger partial charge on any atom is -0.323 e. The van der Waals surface area contributed by atoms with E-state index >= 15 is 0 Å². The van der Waals surface area contributed by atoms with Crippen LogP contribution in [0.25, 0.3) is 11.4 Å². The lowest BCUT2D eigenvalue weighted by molar-refractivity contribution is -0.117. The number of H-pyrrole nitrogens is 1. The molecule has 3 rings (SSSR count). The number of halogens is 1. The van der Waals surface area contributed by atoms with Crippen molar-refractivity contribution in [3.8, 4) is 11.4 Å². The maximum atomic E-state index is 13.8. The first-order valence-corrected chi connectivity index (χ1v) is 5.70. The van der Waals surface area contributed by atoms with E-state index in [1.807, 2.05) is 0 Å². The maximum absolute atomic E-state index is 13.8. The minimum absolute atomic E-state index is 0.0540. The fourth-order valence-electron chi connectivity index (χ4n) is 1.69. The summed E-state index contributed by atoms with van der Waals surface area (Å²) in [4.78, 5) is 15.5. The minimum atomic E-state index is -0.474. The average Bonchev–Trinajstić information content (AvgIpc) is 3.07. The molecule has 0 atom stereocenters. The molecule has 1 aromatic heterocycles. The maximum Gasteiger partial charge on any atom is 0.227 e. The van der Waals surface area contributed by atoms with Crippen LogP contribution in [0.5, 0.6) is 0 Å². The van der Waals surface area contributed by atoms with Crippen LogP contribution < -0.4 is 5.32 Å². The van der Waals surface area contributed by atoms with Gasteiger partial charge in [-0.05, 0) is 31.0 Å². The summed E-state index contributed by atoms with van der Waals surface area (Å²) in [6.07, 6.45) is 3.14. The Morgan fingerprint density at radius 2 is 2.28 bits per heavy atom. The fraction of sp³-hybridized carbons (Fsp3) is 0.250. The van der Waals surface area contributed by atoms with Crippen molar-refractivity contribution in [2.75, 3.05) is 5.32 Å². The molecule has 1 fully saturated rings. The number of carbonyl (C=O) groups excluding carboxylic acids is 1. The quantitative estimate of drug-likeness (QED) is 0.869. The molecule has 1 aliphatic rings. The van der Waals surface area contributed by atoms with Crippen LogP contribution in [-0.4, -0.2) is 21.1 Å². The van der Waals surface area contributed by atoms with Gasteiger partial charge in [0.15, 0.2) is 5.82 Å². The van der Waals surface area contributed by atoms with Crippen LogP contribution in [0, 0.1) is 11.7 Å². The molecule has 1 aromatic carbocycles. The molecule has 0 saturated heterocycles. The molecule has 0 spiro atoms. The van der Waals surface area contributed by atoms with Gasteiger partial charge in [-0.1, -0.05) is 0 Å². The van der Waals surface area contributed by atoms with Gasteiger partial charge in [-0.15, -0.1) is 0 Å². The topological polar surface area (TPSA) is 70.7 Å². The predicted octanol–water partition coefficient (Wildman–Crippen LogP) is 1.96. The van der Waals surface area contributed by atoms with Crippen LogP contribution in [0.3, 0.4) is 0 Å². The zero-order valence-electron chi connectivity index (χ0n) is 9.48. The molecular formula is C12H11FN4O. The molecule has 92 valence electrons. The highest BCUT2D eigenvalue weighted by Crippen LogP contribution is 2.31.